The molecule has 1 aromatic heterocycles. The minimum Gasteiger partial charge on any atom is -0.450 e. The molecule has 1 heterocycles. The van der Waals surface area contributed by atoms with Crippen LogP contribution in [0.15, 0.2) is 20.9 Å². The number of thioether (sulfide) groups is 1. The van der Waals surface area contributed by atoms with E-state index in [2.05, 4.69) is 36.8 Å². The van der Waals surface area contributed by atoms with Crippen LogP contribution in [0.3, 0.4) is 0 Å². The van der Waals surface area contributed by atoms with Crippen molar-refractivity contribution in [3.8, 4) is 0 Å². The fourth-order valence-corrected chi connectivity index (χ4v) is 3.58. The first-order valence-electron chi connectivity index (χ1n) is 6.73. The van der Waals surface area contributed by atoms with Crippen LogP contribution in [0, 0.1) is 11.6 Å². The Kier molecular flexibility index (Phi) is 7.08. The number of hydrogen-bond donors (Lipinski definition) is 2. The molecule has 25 heavy (non-hydrogen) atoms. The van der Waals surface area contributed by atoms with E-state index in [1.165, 1.54) is 0 Å². The molecule has 2 aromatic rings. The minimum atomic E-state index is -0.887. The number of ether oxygens (including phenoxy) is 1. The van der Waals surface area contributed by atoms with Crippen LogP contribution in [0.4, 0.5) is 24.4 Å². The first kappa shape index (κ1) is 19.5. The van der Waals surface area contributed by atoms with E-state index in [1.54, 1.807) is 6.92 Å². The number of anilines is 2. The molecular formula is C13H11BrF2N4O3S2. The lowest BCUT2D eigenvalue weighted by molar-refractivity contribution is -0.113. The fourth-order valence-electron chi connectivity index (χ4n) is 1.54. The van der Waals surface area contributed by atoms with Gasteiger partial charge in [0.05, 0.1) is 18.0 Å². The van der Waals surface area contributed by atoms with Gasteiger partial charge < -0.3 is 10.1 Å². The Morgan fingerprint density at radius 1 is 1.32 bits per heavy atom. The lowest BCUT2D eigenvalue weighted by Gasteiger charge is -2.08. The average Bonchev–Trinajstić information content (AvgIpc) is 2.96. The molecule has 2 amide bonds. The topological polar surface area (TPSA) is 93.2 Å². The standard InChI is InChI=1S/C13H11BrF2N4O3S2/c1-2-23-12(22)18-11-19-20-13(25-11)24-5-9(21)17-10-7(14)3-6(15)4-8(10)16/h3-4H,2,5H2,1H3,(H,17,21)(H,18,19,22). The SMILES string of the molecule is CCOC(=O)Nc1nnc(SCC(=O)Nc2c(F)cc(F)cc2Br)s1. The predicted octanol–water partition coefficient (Wildman–Crippen LogP) is 3.88. The third-order valence-corrected chi connectivity index (χ3v) is 5.09. The average molecular weight is 453 g/mol. The van der Waals surface area contributed by atoms with Gasteiger partial charge in [-0.05, 0) is 28.9 Å². The third kappa shape index (κ3) is 5.90. The molecule has 7 nitrogen and oxygen atoms in total. The Morgan fingerprint density at radius 3 is 2.76 bits per heavy atom. The number of aromatic nitrogens is 2. The summed E-state index contributed by atoms with van der Waals surface area (Å²) in [4.78, 5) is 23.1. The van der Waals surface area contributed by atoms with Gasteiger partial charge in [-0.2, -0.15) is 0 Å². The number of carbonyl (C=O) groups excluding carboxylic acids is 2. The van der Waals surface area contributed by atoms with Gasteiger partial charge in [-0.15, -0.1) is 10.2 Å². The van der Waals surface area contributed by atoms with Gasteiger partial charge in [0.1, 0.15) is 5.82 Å². The molecule has 0 fully saturated rings. The van der Waals surface area contributed by atoms with Crippen molar-refractivity contribution in [2.45, 2.75) is 11.3 Å². The molecule has 2 rings (SSSR count). The summed E-state index contributed by atoms with van der Waals surface area (Å²) in [5.41, 5.74) is -0.145. The summed E-state index contributed by atoms with van der Waals surface area (Å²) in [7, 11) is 0. The number of hydrogen-bond acceptors (Lipinski definition) is 7. The van der Waals surface area contributed by atoms with Crippen molar-refractivity contribution in [3.63, 3.8) is 0 Å². The molecular weight excluding hydrogens is 442 g/mol. The molecule has 2 N–H and O–H groups in total. The number of nitrogens with zero attached hydrogens (tertiary/aromatic N) is 2. The quantitative estimate of drug-likeness (QED) is 0.510. The van der Waals surface area contributed by atoms with Crippen LogP contribution >= 0.6 is 39.0 Å². The second kappa shape index (κ2) is 9.06. The van der Waals surface area contributed by atoms with E-state index in [0.717, 1.165) is 29.2 Å². The summed E-state index contributed by atoms with van der Waals surface area (Å²) in [6.07, 6.45) is -0.649. The van der Waals surface area contributed by atoms with Crippen LogP contribution in [0.5, 0.6) is 0 Å². The van der Waals surface area contributed by atoms with Crippen LogP contribution < -0.4 is 10.6 Å². The first-order valence-corrected chi connectivity index (χ1v) is 9.33. The molecule has 0 unspecified atom stereocenters. The third-order valence-electron chi connectivity index (χ3n) is 2.49. The number of rotatable bonds is 6. The number of halogens is 3. The van der Waals surface area contributed by atoms with Gasteiger partial charge in [0.25, 0.3) is 0 Å². The number of amides is 2. The van der Waals surface area contributed by atoms with Crippen molar-refractivity contribution in [1.29, 1.82) is 0 Å². The van der Waals surface area contributed by atoms with Crippen molar-refractivity contribution >= 4 is 61.8 Å². The zero-order chi connectivity index (χ0) is 18.4. The summed E-state index contributed by atoms with van der Waals surface area (Å²) >= 11 is 5.10. The molecule has 0 saturated carbocycles. The zero-order valence-electron chi connectivity index (χ0n) is 12.6. The molecule has 0 aliphatic carbocycles. The maximum absolute atomic E-state index is 13.7. The van der Waals surface area contributed by atoms with Crippen molar-refractivity contribution in [3.05, 3.63) is 28.2 Å². The predicted molar refractivity (Wildman–Crippen MR) is 94.0 cm³/mol. The Balaban J connectivity index is 1.88. The van der Waals surface area contributed by atoms with Gasteiger partial charge in [-0.25, -0.2) is 13.6 Å². The van der Waals surface area contributed by atoms with Crippen molar-refractivity contribution in [2.75, 3.05) is 23.0 Å². The molecule has 0 radical (unpaired) electrons. The highest BCUT2D eigenvalue weighted by Gasteiger charge is 2.14. The van der Waals surface area contributed by atoms with Gasteiger partial charge in [-0.3, -0.25) is 10.1 Å². The van der Waals surface area contributed by atoms with Crippen LogP contribution in [0.1, 0.15) is 6.92 Å². The largest absolute Gasteiger partial charge is 0.450 e. The Bertz CT molecular complexity index is 767. The highest BCUT2D eigenvalue weighted by molar-refractivity contribution is 9.10. The summed E-state index contributed by atoms with van der Waals surface area (Å²) in [5.74, 6) is -2.22. The molecule has 0 bridgehead atoms. The van der Waals surface area contributed by atoms with Gasteiger partial charge in [0, 0.05) is 10.5 Å². The van der Waals surface area contributed by atoms with E-state index in [9.17, 15) is 18.4 Å². The monoisotopic (exact) mass is 452 g/mol. The summed E-state index contributed by atoms with van der Waals surface area (Å²) in [5, 5.41) is 12.5. The van der Waals surface area contributed by atoms with E-state index in [-0.39, 0.29) is 27.7 Å². The summed E-state index contributed by atoms with van der Waals surface area (Å²) in [6.45, 7) is 1.89. The maximum atomic E-state index is 13.7. The zero-order valence-corrected chi connectivity index (χ0v) is 15.9. The molecule has 0 saturated heterocycles. The summed E-state index contributed by atoms with van der Waals surface area (Å²) in [6, 6.07) is 1.72. The smallest absolute Gasteiger partial charge is 0.413 e. The second-order valence-electron chi connectivity index (χ2n) is 4.30. The minimum absolute atomic E-state index is 0.0721. The van der Waals surface area contributed by atoms with Gasteiger partial charge in [-0.1, -0.05) is 23.1 Å². The number of nitrogens with one attached hydrogen (secondary N) is 2. The maximum Gasteiger partial charge on any atom is 0.413 e. The Labute approximate surface area is 157 Å². The molecule has 0 atom stereocenters. The Morgan fingerprint density at radius 2 is 2.08 bits per heavy atom. The highest BCUT2D eigenvalue weighted by Crippen LogP contribution is 2.28. The van der Waals surface area contributed by atoms with Crippen molar-refractivity contribution in [2.24, 2.45) is 0 Å². The van der Waals surface area contributed by atoms with Crippen LogP contribution in [-0.4, -0.2) is 34.6 Å². The lowest BCUT2D eigenvalue weighted by Crippen LogP contribution is -2.15. The van der Waals surface area contributed by atoms with Crippen molar-refractivity contribution in [1.82, 2.24) is 10.2 Å². The first-order chi connectivity index (χ1) is 11.9. The number of benzene rings is 1. The van der Waals surface area contributed by atoms with E-state index in [4.69, 9.17) is 4.74 Å². The number of carbonyl (C=O) groups is 2. The second-order valence-corrected chi connectivity index (χ2v) is 7.35. The van der Waals surface area contributed by atoms with E-state index < -0.39 is 23.6 Å². The lowest BCUT2D eigenvalue weighted by atomic mass is 10.3. The van der Waals surface area contributed by atoms with Crippen LogP contribution in [-0.2, 0) is 9.53 Å². The molecule has 1 aromatic carbocycles. The van der Waals surface area contributed by atoms with E-state index in [1.807, 2.05) is 0 Å². The van der Waals surface area contributed by atoms with Crippen molar-refractivity contribution < 1.29 is 23.1 Å². The van der Waals surface area contributed by atoms with Crippen LogP contribution in [0.2, 0.25) is 0 Å². The molecule has 0 aliphatic rings. The normalized spacial score (nSPS) is 10.4. The van der Waals surface area contributed by atoms with E-state index >= 15 is 0 Å². The van der Waals surface area contributed by atoms with E-state index in [0.29, 0.717) is 10.4 Å². The van der Waals surface area contributed by atoms with Gasteiger partial charge in [0.15, 0.2) is 10.2 Å². The molecule has 0 aliphatic heterocycles. The van der Waals surface area contributed by atoms with Crippen LogP contribution in [0.25, 0.3) is 0 Å². The molecule has 12 heteroatoms. The molecule has 134 valence electrons. The Hall–Kier alpha value is -1.79. The molecule has 0 spiro atoms. The van der Waals surface area contributed by atoms with Gasteiger partial charge in [0.2, 0.25) is 11.0 Å². The highest BCUT2D eigenvalue weighted by atomic mass is 79.9. The van der Waals surface area contributed by atoms with Gasteiger partial charge >= 0.3 is 6.09 Å². The summed E-state index contributed by atoms with van der Waals surface area (Å²) < 4.78 is 31.9. The fraction of sp³-hybridized carbons (Fsp3) is 0.231.